The van der Waals surface area contributed by atoms with Gasteiger partial charge in [-0.2, -0.15) is 0 Å². The van der Waals surface area contributed by atoms with Gasteiger partial charge >= 0.3 is 5.97 Å². The van der Waals surface area contributed by atoms with Gasteiger partial charge in [-0.05, 0) is 17.8 Å². The fourth-order valence-electron chi connectivity index (χ4n) is 2.18. The molecule has 4 nitrogen and oxygen atoms in total. The molecule has 0 saturated heterocycles. The predicted octanol–water partition coefficient (Wildman–Crippen LogP) is 1.51. The van der Waals surface area contributed by atoms with E-state index in [2.05, 4.69) is 19.2 Å². The first kappa shape index (κ1) is 13.0. The summed E-state index contributed by atoms with van der Waals surface area (Å²) in [7, 11) is 0. The Labute approximate surface area is 96.4 Å². The first-order valence-electron chi connectivity index (χ1n) is 5.79. The summed E-state index contributed by atoms with van der Waals surface area (Å²) in [5.74, 6) is -1.32. The number of carbonyl (C=O) groups excluding carboxylic acids is 1. The molecule has 0 radical (unpaired) electrons. The summed E-state index contributed by atoms with van der Waals surface area (Å²) in [6.07, 6.45) is 0.927. The molecule has 0 spiro atoms. The second-order valence-electron chi connectivity index (χ2n) is 5.59. The maximum Gasteiger partial charge on any atom is 0.307 e. The van der Waals surface area contributed by atoms with Gasteiger partial charge in [0.2, 0.25) is 5.91 Å². The van der Waals surface area contributed by atoms with Gasteiger partial charge in [-0.25, -0.2) is 0 Å². The van der Waals surface area contributed by atoms with Gasteiger partial charge in [-0.1, -0.05) is 27.7 Å². The molecule has 0 aromatic heterocycles. The molecule has 1 fully saturated rings. The Morgan fingerprint density at radius 3 is 2.25 bits per heavy atom. The molecule has 0 bridgehead atoms. The first-order chi connectivity index (χ1) is 7.28. The summed E-state index contributed by atoms with van der Waals surface area (Å²) in [5.41, 5.74) is -0.395. The molecule has 92 valence electrons. The normalized spacial score (nSPS) is 26.6. The second-order valence-corrected chi connectivity index (χ2v) is 5.59. The third kappa shape index (κ3) is 2.54. The van der Waals surface area contributed by atoms with Crippen molar-refractivity contribution in [2.45, 2.75) is 34.1 Å². The quantitative estimate of drug-likeness (QED) is 0.748. The van der Waals surface area contributed by atoms with Crippen molar-refractivity contribution >= 4 is 11.9 Å². The molecule has 0 aliphatic heterocycles. The van der Waals surface area contributed by atoms with E-state index in [1.165, 1.54) is 0 Å². The maximum absolute atomic E-state index is 11.7. The van der Waals surface area contributed by atoms with Crippen LogP contribution in [-0.2, 0) is 9.59 Å². The van der Waals surface area contributed by atoms with Crippen LogP contribution >= 0.6 is 0 Å². The Kier molecular flexibility index (Phi) is 3.61. The number of carbonyl (C=O) groups is 2. The lowest BCUT2D eigenvalue weighted by molar-refractivity contribution is -0.140. The van der Waals surface area contributed by atoms with Crippen LogP contribution in [0.15, 0.2) is 0 Å². The highest BCUT2D eigenvalue weighted by Crippen LogP contribution is 2.58. The van der Waals surface area contributed by atoms with Crippen molar-refractivity contribution in [3.63, 3.8) is 0 Å². The number of hydrogen-bond donors (Lipinski definition) is 2. The minimum absolute atomic E-state index is 0.113. The monoisotopic (exact) mass is 227 g/mol. The van der Waals surface area contributed by atoms with Gasteiger partial charge in [-0.15, -0.1) is 0 Å². The van der Waals surface area contributed by atoms with Crippen LogP contribution in [0.2, 0.25) is 0 Å². The molecule has 0 heterocycles. The Bertz CT molecular complexity index is 297. The van der Waals surface area contributed by atoms with E-state index in [9.17, 15) is 9.59 Å². The number of amides is 1. The van der Waals surface area contributed by atoms with Gasteiger partial charge in [0.05, 0.1) is 11.8 Å². The highest BCUT2D eigenvalue weighted by molar-refractivity contribution is 5.91. The Morgan fingerprint density at radius 2 is 1.88 bits per heavy atom. The van der Waals surface area contributed by atoms with Gasteiger partial charge < -0.3 is 10.4 Å². The second kappa shape index (κ2) is 4.44. The fourth-order valence-corrected chi connectivity index (χ4v) is 2.18. The van der Waals surface area contributed by atoms with Crippen LogP contribution in [0.3, 0.4) is 0 Å². The Balaban J connectivity index is 2.42. The van der Waals surface area contributed by atoms with Crippen LogP contribution in [0.4, 0.5) is 0 Å². The molecule has 16 heavy (non-hydrogen) atoms. The lowest BCUT2D eigenvalue weighted by atomic mass is 10.1. The van der Waals surface area contributed by atoms with Gasteiger partial charge in [0.25, 0.3) is 0 Å². The van der Waals surface area contributed by atoms with E-state index in [0.29, 0.717) is 12.5 Å². The highest BCUT2D eigenvalue weighted by atomic mass is 16.4. The third-order valence-corrected chi connectivity index (χ3v) is 3.40. The van der Waals surface area contributed by atoms with Crippen molar-refractivity contribution in [1.29, 1.82) is 0 Å². The number of hydrogen-bond acceptors (Lipinski definition) is 2. The standard InChI is InChI=1S/C12H21NO3/c1-7(2)5-6-13-10(14)8-9(11(15)16)12(8,3)4/h7-9H,5-6H2,1-4H3,(H,13,14)(H,15,16)/t8-,9+/m1/s1. The number of nitrogens with one attached hydrogen (secondary N) is 1. The van der Waals surface area contributed by atoms with E-state index < -0.39 is 17.3 Å². The number of carboxylic acid groups (broad SMARTS) is 1. The molecule has 1 saturated carbocycles. The van der Waals surface area contributed by atoms with Gasteiger partial charge in [0.15, 0.2) is 0 Å². The molecule has 0 aromatic rings. The Morgan fingerprint density at radius 1 is 1.31 bits per heavy atom. The summed E-state index contributed by atoms with van der Waals surface area (Å²) in [6.45, 7) is 8.48. The summed E-state index contributed by atoms with van der Waals surface area (Å²) >= 11 is 0. The van der Waals surface area contributed by atoms with Crippen LogP contribution in [0.5, 0.6) is 0 Å². The largest absolute Gasteiger partial charge is 0.481 e. The average Bonchev–Trinajstić information content (AvgIpc) is 2.68. The lowest BCUT2D eigenvalue weighted by Crippen LogP contribution is -2.28. The summed E-state index contributed by atoms with van der Waals surface area (Å²) < 4.78 is 0. The van der Waals surface area contributed by atoms with Gasteiger partial charge in [0.1, 0.15) is 0 Å². The van der Waals surface area contributed by atoms with E-state index >= 15 is 0 Å². The number of carboxylic acids is 1. The van der Waals surface area contributed by atoms with Crippen molar-refractivity contribution in [1.82, 2.24) is 5.32 Å². The van der Waals surface area contributed by atoms with E-state index in [0.717, 1.165) is 6.42 Å². The van der Waals surface area contributed by atoms with Gasteiger partial charge in [0, 0.05) is 6.54 Å². The van der Waals surface area contributed by atoms with E-state index in [-0.39, 0.29) is 11.8 Å². The van der Waals surface area contributed by atoms with Crippen LogP contribution < -0.4 is 5.32 Å². The zero-order valence-corrected chi connectivity index (χ0v) is 10.4. The molecule has 1 aliphatic carbocycles. The number of rotatable bonds is 5. The molecule has 2 N–H and O–H groups in total. The Hall–Kier alpha value is -1.06. The lowest BCUT2D eigenvalue weighted by Gasteiger charge is -2.07. The molecule has 0 aromatic carbocycles. The van der Waals surface area contributed by atoms with Crippen LogP contribution in [-0.4, -0.2) is 23.5 Å². The van der Waals surface area contributed by atoms with E-state index in [1.807, 2.05) is 13.8 Å². The van der Waals surface area contributed by atoms with Crippen LogP contribution in [0, 0.1) is 23.2 Å². The summed E-state index contributed by atoms with van der Waals surface area (Å²) in [4.78, 5) is 22.6. The van der Waals surface area contributed by atoms with Crippen molar-refractivity contribution in [2.75, 3.05) is 6.54 Å². The zero-order valence-electron chi connectivity index (χ0n) is 10.4. The minimum atomic E-state index is -0.867. The summed E-state index contributed by atoms with van der Waals surface area (Å²) in [6, 6.07) is 0. The molecule has 2 atom stereocenters. The fraction of sp³-hybridized carbons (Fsp3) is 0.833. The average molecular weight is 227 g/mol. The molecule has 1 amide bonds. The molecule has 1 aliphatic rings. The predicted molar refractivity (Wildman–Crippen MR) is 60.9 cm³/mol. The molecule has 1 rings (SSSR count). The van der Waals surface area contributed by atoms with E-state index in [1.54, 1.807) is 0 Å². The zero-order chi connectivity index (χ0) is 12.5. The smallest absolute Gasteiger partial charge is 0.307 e. The van der Waals surface area contributed by atoms with Crippen LogP contribution in [0.1, 0.15) is 34.1 Å². The third-order valence-electron chi connectivity index (χ3n) is 3.40. The van der Waals surface area contributed by atoms with Crippen molar-refractivity contribution < 1.29 is 14.7 Å². The molecular formula is C12H21NO3. The molecule has 0 unspecified atom stereocenters. The topological polar surface area (TPSA) is 66.4 Å². The number of aliphatic carboxylic acids is 1. The highest BCUT2D eigenvalue weighted by Gasteiger charge is 2.65. The first-order valence-corrected chi connectivity index (χ1v) is 5.79. The summed E-state index contributed by atoms with van der Waals surface area (Å²) in [5, 5.41) is 11.8. The van der Waals surface area contributed by atoms with Crippen LogP contribution in [0.25, 0.3) is 0 Å². The van der Waals surface area contributed by atoms with E-state index in [4.69, 9.17) is 5.11 Å². The van der Waals surface area contributed by atoms with Gasteiger partial charge in [-0.3, -0.25) is 9.59 Å². The maximum atomic E-state index is 11.7. The van der Waals surface area contributed by atoms with Crippen molar-refractivity contribution in [2.24, 2.45) is 23.2 Å². The SMILES string of the molecule is CC(C)CCNC(=O)[C@H]1[C@@H](C(=O)O)C1(C)C. The minimum Gasteiger partial charge on any atom is -0.481 e. The molecular weight excluding hydrogens is 206 g/mol. The van der Waals surface area contributed by atoms with Crippen molar-refractivity contribution in [3.8, 4) is 0 Å². The molecule has 4 heteroatoms. The van der Waals surface area contributed by atoms with Crippen molar-refractivity contribution in [3.05, 3.63) is 0 Å².